The molecule has 1 N–H and O–H groups in total. The molecule has 7 rings (SSSR count). The Hall–Kier alpha value is -2.29. The van der Waals surface area contributed by atoms with Crippen molar-refractivity contribution in [1.82, 2.24) is 14.9 Å². The quantitative estimate of drug-likeness (QED) is 0.649. The zero-order valence-corrected chi connectivity index (χ0v) is 22.4. The van der Waals surface area contributed by atoms with Crippen molar-refractivity contribution in [2.45, 2.75) is 94.2 Å². The Labute approximate surface area is 224 Å². The molecule has 5 heterocycles. The van der Waals surface area contributed by atoms with E-state index in [1.54, 1.807) is 0 Å². The van der Waals surface area contributed by atoms with Gasteiger partial charge in [0.1, 0.15) is 18.6 Å². The Bertz CT molecular complexity index is 1220. The molecule has 1 unspecified atom stereocenters. The molecule has 3 fully saturated rings. The van der Waals surface area contributed by atoms with Gasteiger partial charge in [-0.05, 0) is 69.5 Å². The standard InChI is InChI=1S/C30H39FN4O3/c1-28(36)10-5-13-34(19-28)26-23-18-38-30(12-4-8-21-7-2-3-9-24(21)30)16-25(23)32-27(33-26)37-20-29-11-6-14-35(29)17-22(31)15-29/h2-3,7,9,22,36H,4-6,8,10-20H2,1H3/t22-,28-,29+,30?/m1/s1. The number of aliphatic hydroxyl groups is 1. The molecule has 4 atom stereocenters. The van der Waals surface area contributed by atoms with E-state index in [9.17, 15) is 9.50 Å². The van der Waals surface area contributed by atoms with Crippen LogP contribution in [-0.4, -0.2) is 70.1 Å². The second-order valence-corrected chi connectivity index (χ2v) is 12.6. The number of anilines is 1. The molecule has 7 nitrogen and oxygen atoms in total. The van der Waals surface area contributed by atoms with Gasteiger partial charge in [0, 0.05) is 38.0 Å². The van der Waals surface area contributed by atoms with Gasteiger partial charge in [0.05, 0.1) is 29.0 Å². The highest BCUT2D eigenvalue weighted by Crippen LogP contribution is 2.46. The van der Waals surface area contributed by atoms with Crippen LogP contribution in [0, 0.1) is 0 Å². The topological polar surface area (TPSA) is 71.0 Å². The van der Waals surface area contributed by atoms with Crippen molar-refractivity contribution in [2.24, 2.45) is 0 Å². The summed E-state index contributed by atoms with van der Waals surface area (Å²) in [5.74, 6) is 0.819. The molecule has 1 aliphatic carbocycles. The Balaban J connectivity index is 1.24. The van der Waals surface area contributed by atoms with Crippen LogP contribution in [0.2, 0.25) is 0 Å². The molecule has 0 saturated carbocycles. The van der Waals surface area contributed by atoms with Crippen LogP contribution in [0.25, 0.3) is 0 Å². The minimum absolute atomic E-state index is 0.250. The maximum Gasteiger partial charge on any atom is 0.318 e. The van der Waals surface area contributed by atoms with Crippen LogP contribution in [0.5, 0.6) is 6.01 Å². The van der Waals surface area contributed by atoms with Crippen LogP contribution in [0.1, 0.15) is 74.3 Å². The lowest BCUT2D eigenvalue weighted by molar-refractivity contribution is -0.0856. The molecule has 38 heavy (non-hydrogen) atoms. The van der Waals surface area contributed by atoms with Crippen molar-refractivity contribution in [3.63, 3.8) is 0 Å². The summed E-state index contributed by atoms with van der Waals surface area (Å²) in [6.45, 7) is 5.53. The van der Waals surface area contributed by atoms with Crippen LogP contribution in [0.15, 0.2) is 24.3 Å². The zero-order valence-electron chi connectivity index (χ0n) is 22.4. The van der Waals surface area contributed by atoms with E-state index in [2.05, 4.69) is 34.1 Å². The molecule has 4 aliphatic heterocycles. The average Bonchev–Trinajstić information content (AvgIpc) is 3.42. The van der Waals surface area contributed by atoms with Crippen LogP contribution < -0.4 is 9.64 Å². The minimum Gasteiger partial charge on any atom is -0.461 e. The largest absolute Gasteiger partial charge is 0.461 e. The Morgan fingerprint density at radius 3 is 2.89 bits per heavy atom. The third-order valence-corrected chi connectivity index (χ3v) is 9.74. The van der Waals surface area contributed by atoms with E-state index < -0.39 is 11.8 Å². The molecule has 8 heteroatoms. The van der Waals surface area contributed by atoms with Gasteiger partial charge >= 0.3 is 6.01 Å². The van der Waals surface area contributed by atoms with Crippen molar-refractivity contribution in [3.8, 4) is 6.01 Å². The third kappa shape index (κ3) is 4.20. The second kappa shape index (κ2) is 9.14. The fourth-order valence-corrected chi connectivity index (χ4v) is 7.91. The molecule has 1 spiro atoms. The number of aryl methyl sites for hydroxylation is 1. The molecule has 1 aromatic heterocycles. The first-order valence-corrected chi connectivity index (χ1v) is 14.5. The van der Waals surface area contributed by atoms with E-state index in [1.807, 2.05) is 6.92 Å². The molecular weight excluding hydrogens is 483 g/mol. The first kappa shape index (κ1) is 24.7. The molecule has 0 bridgehead atoms. The third-order valence-electron chi connectivity index (χ3n) is 9.74. The number of piperidine rings is 1. The summed E-state index contributed by atoms with van der Waals surface area (Å²) in [7, 11) is 0. The first-order chi connectivity index (χ1) is 18.3. The van der Waals surface area contributed by atoms with Crippen molar-refractivity contribution in [2.75, 3.05) is 37.7 Å². The maximum atomic E-state index is 14.4. The van der Waals surface area contributed by atoms with E-state index in [4.69, 9.17) is 19.4 Å². The van der Waals surface area contributed by atoms with E-state index in [0.29, 0.717) is 45.2 Å². The smallest absolute Gasteiger partial charge is 0.318 e. The predicted octanol–water partition coefficient (Wildman–Crippen LogP) is 4.09. The van der Waals surface area contributed by atoms with E-state index in [-0.39, 0.29) is 11.1 Å². The Kier molecular flexibility index (Phi) is 5.94. The number of fused-ring (bicyclic) bond motifs is 4. The van der Waals surface area contributed by atoms with Gasteiger partial charge in [-0.3, -0.25) is 4.90 Å². The lowest BCUT2D eigenvalue weighted by atomic mass is 9.75. The molecule has 0 radical (unpaired) electrons. The van der Waals surface area contributed by atoms with E-state index >= 15 is 0 Å². The van der Waals surface area contributed by atoms with Gasteiger partial charge < -0.3 is 19.5 Å². The van der Waals surface area contributed by atoms with Gasteiger partial charge in [-0.2, -0.15) is 9.97 Å². The fourth-order valence-electron chi connectivity index (χ4n) is 7.91. The highest BCUT2D eigenvalue weighted by atomic mass is 19.1. The van der Waals surface area contributed by atoms with Crippen LogP contribution in [0.3, 0.4) is 0 Å². The summed E-state index contributed by atoms with van der Waals surface area (Å²) in [6, 6.07) is 9.01. The highest BCUT2D eigenvalue weighted by Gasteiger charge is 2.50. The van der Waals surface area contributed by atoms with Crippen molar-refractivity contribution in [3.05, 3.63) is 46.6 Å². The fraction of sp³-hybridized carbons (Fsp3) is 0.667. The Morgan fingerprint density at radius 2 is 2.00 bits per heavy atom. The number of hydrogen-bond acceptors (Lipinski definition) is 7. The number of ether oxygens (including phenoxy) is 2. The number of rotatable bonds is 4. The van der Waals surface area contributed by atoms with Crippen LogP contribution in [0.4, 0.5) is 10.2 Å². The maximum absolute atomic E-state index is 14.4. The lowest BCUT2D eigenvalue weighted by Gasteiger charge is -2.44. The molecule has 2 aromatic rings. The Morgan fingerprint density at radius 1 is 1.13 bits per heavy atom. The van der Waals surface area contributed by atoms with E-state index in [1.165, 1.54) is 11.1 Å². The molecule has 3 saturated heterocycles. The van der Waals surface area contributed by atoms with Crippen LogP contribution >= 0.6 is 0 Å². The monoisotopic (exact) mass is 522 g/mol. The number of aromatic nitrogens is 2. The van der Waals surface area contributed by atoms with E-state index in [0.717, 1.165) is 75.1 Å². The lowest BCUT2D eigenvalue weighted by Crippen LogP contribution is -2.47. The molecule has 0 amide bonds. The molecule has 1 aromatic carbocycles. The van der Waals surface area contributed by atoms with Crippen LogP contribution in [-0.2, 0) is 29.8 Å². The summed E-state index contributed by atoms with van der Waals surface area (Å²) < 4.78 is 27.5. The summed E-state index contributed by atoms with van der Waals surface area (Å²) in [6.07, 6.45) is 7.25. The normalized spacial score (nSPS) is 34.7. The summed E-state index contributed by atoms with van der Waals surface area (Å²) in [5.41, 5.74) is 3.23. The van der Waals surface area contributed by atoms with Gasteiger partial charge in [0.2, 0.25) is 0 Å². The summed E-state index contributed by atoms with van der Waals surface area (Å²) in [4.78, 5) is 14.4. The van der Waals surface area contributed by atoms with Gasteiger partial charge in [-0.15, -0.1) is 0 Å². The first-order valence-electron chi connectivity index (χ1n) is 14.5. The van der Waals surface area contributed by atoms with Gasteiger partial charge in [-0.1, -0.05) is 24.3 Å². The van der Waals surface area contributed by atoms with Crippen molar-refractivity contribution < 1.29 is 19.0 Å². The summed E-state index contributed by atoms with van der Waals surface area (Å²) in [5, 5.41) is 10.9. The zero-order chi connectivity index (χ0) is 26.0. The summed E-state index contributed by atoms with van der Waals surface area (Å²) >= 11 is 0. The number of β-amino-alcohol motifs (C(OH)–C–C–N with tert-alkyl or cyclic N) is 1. The number of halogens is 1. The average molecular weight is 523 g/mol. The predicted molar refractivity (Wildman–Crippen MR) is 142 cm³/mol. The van der Waals surface area contributed by atoms with Crippen molar-refractivity contribution >= 4 is 5.82 Å². The molecular formula is C30H39FN4O3. The second-order valence-electron chi connectivity index (χ2n) is 12.6. The van der Waals surface area contributed by atoms with Gasteiger partial charge in [-0.25, -0.2) is 4.39 Å². The SMILES string of the molecule is C[C@@]1(O)CCCN(c2nc(OC[C@@]34CCCN3C[C@H](F)C4)nc3c2COC2(CCCc4ccccc42)C3)C1. The van der Waals surface area contributed by atoms with Gasteiger partial charge in [0.25, 0.3) is 0 Å². The number of nitrogens with zero attached hydrogens (tertiary/aromatic N) is 4. The molecule has 204 valence electrons. The minimum atomic E-state index is -0.794. The van der Waals surface area contributed by atoms with Gasteiger partial charge in [0.15, 0.2) is 0 Å². The number of hydrogen-bond donors (Lipinski definition) is 1. The number of benzene rings is 1. The van der Waals surface area contributed by atoms with Crippen molar-refractivity contribution in [1.29, 1.82) is 0 Å². The highest BCUT2D eigenvalue weighted by molar-refractivity contribution is 5.52. The number of alkyl halides is 1. The molecule has 5 aliphatic rings.